The summed E-state index contributed by atoms with van der Waals surface area (Å²) in [7, 11) is 0. The van der Waals surface area contributed by atoms with Gasteiger partial charge in [-0.25, -0.2) is 9.97 Å². The van der Waals surface area contributed by atoms with E-state index in [1.807, 2.05) is 42.5 Å². The zero-order chi connectivity index (χ0) is 32.2. The Balaban J connectivity index is 0.000000131. The highest BCUT2D eigenvalue weighted by Crippen LogP contribution is 2.48. The SMILES string of the molecule is NC1c2ccccc2-c2c(-c3nc4ccncc4[nH]3)cccc21.O=CNC1c2ccccc2-c2c(-c3nc4ccncc4[nH]3)cccc21. The van der Waals surface area contributed by atoms with Gasteiger partial charge < -0.3 is 21.0 Å². The van der Waals surface area contributed by atoms with Crippen LogP contribution in [-0.2, 0) is 4.79 Å². The van der Waals surface area contributed by atoms with Crippen molar-refractivity contribution in [3.63, 3.8) is 0 Å². The summed E-state index contributed by atoms with van der Waals surface area (Å²) in [4.78, 5) is 35.6. The zero-order valence-corrected chi connectivity index (χ0v) is 25.6. The molecule has 9 nitrogen and oxygen atoms in total. The Hall–Kier alpha value is -6.45. The molecule has 48 heavy (non-hydrogen) atoms. The molecule has 5 N–H and O–H groups in total. The van der Waals surface area contributed by atoms with E-state index in [0.29, 0.717) is 0 Å². The normalized spacial score (nSPS) is 15.3. The van der Waals surface area contributed by atoms with Crippen LogP contribution in [0.4, 0.5) is 0 Å². The monoisotopic (exact) mass is 624 g/mol. The molecule has 2 aliphatic rings. The summed E-state index contributed by atoms with van der Waals surface area (Å²) >= 11 is 0. The van der Waals surface area contributed by atoms with Gasteiger partial charge >= 0.3 is 0 Å². The maximum Gasteiger partial charge on any atom is 0.207 e. The molecule has 0 bridgehead atoms. The van der Waals surface area contributed by atoms with Crippen LogP contribution in [0.1, 0.15) is 34.3 Å². The Morgan fingerprint density at radius 2 is 1.08 bits per heavy atom. The summed E-state index contributed by atoms with van der Waals surface area (Å²) < 4.78 is 0. The van der Waals surface area contributed by atoms with Gasteiger partial charge in [-0.15, -0.1) is 0 Å². The number of H-pyrrole nitrogens is 2. The number of carbonyl (C=O) groups excluding carboxylic acids is 1. The van der Waals surface area contributed by atoms with Crippen molar-refractivity contribution in [3.8, 4) is 45.0 Å². The average molecular weight is 625 g/mol. The molecule has 8 aromatic rings. The number of aromatic nitrogens is 6. The molecular formula is C39H28N8O. The third-order valence-electron chi connectivity index (χ3n) is 9.26. The van der Waals surface area contributed by atoms with E-state index < -0.39 is 0 Å². The number of carbonyl (C=O) groups is 1. The molecule has 2 unspecified atom stereocenters. The first-order valence-corrected chi connectivity index (χ1v) is 15.7. The maximum absolute atomic E-state index is 11.1. The predicted octanol–water partition coefficient (Wildman–Crippen LogP) is 7.09. The molecule has 0 spiro atoms. The first-order chi connectivity index (χ1) is 23.7. The molecule has 0 saturated heterocycles. The number of fused-ring (bicyclic) bond motifs is 8. The lowest BCUT2D eigenvalue weighted by atomic mass is 9.99. The Kier molecular flexibility index (Phi) is 6.44. The van der Waals surface area contributed by atoms with Crippen LogP contribution in [0.2, 0.25) is 0 Å². The molecule has 0 aliphatic heterocycles. The summed E-state index contributed by atoms with van der Waals surface area (Å²) in [6.45, 7) is 0. The number of benzene rings is 4. The predicted molar refractivity (Wildman–Crippen MR) is 187 cm³/mol. The summed E-state index contributed by atoms with van der Waals surface area (Å²) in [6.07, 6.45) is 7.83. The molecule has 1 amide bonds. The minimum Gasteiger partial charge on any atom is -0.348 e. The Morgan fingerprint density at radius 3 is 1.69 bits per heavy atom. The van der Waals surface area contributed by atoms with E-state index in [2.05, 4.69) is 79.9 Å². The highest BCUT2D eigenvalue weighted by Gasteiger charge is 2.31. The van der Waals surface area contributed by atoms with Crippen LogP contribution in [0.15, 0.2) is 122 Å². The van der Waals surface area contributed by atoms with E-state index in [-0.39, 0.29) is 12.1 Å². The van der Waals surface area contributed by atoms with Crippen LogP contribution in [0.25, 0.3) is 67.1 Å². The minimum absolute atomic E-state index is 0.0767. The first kappa shape index (κ1) is 27.8. The Labute approximate surface area is 275 Å². The minimum atomic E-state index is -0.130. The van der Waals surface area contributed by atoms with Crippen molar-refractivity contribution in [2.45, 2.75) is 12.1 Å². The van der Waals surface area contributed by atoms with Gasteiger partial charge in [0.2, 0.25) is 6.41 Å². The van der Waals surface area contributed by atoms with Crippen molar-refractivity contribution >= 4 is 28.5 Å². The van der Waals surface area contributed by atoms with Crippen molar-refractivity contribution in [1.82, 2.24) is 35.2 Å². The molecule has 4 aromatic heterocycles. The molecule has 0 fully saturated rings. The topological polar surface area (TPSA) is 138 Å². The molecule has 9 heteroatoms. The average Bonchev–Trinajstić information content (AvgIpc) is 3.91. The fourth-order valence-corrected chi connectivity index (χ4v) is 7.16. The molecule has 4 heterocycles. The van der Waals surface area contributed by atoms with Crippen molar-refractivity contribution in [2.24, 2.45) is 5.73 Å². The van der Waals surface area contributed by atoms with Gasteiger partial charge in [-0.2, -0.15) is 0 Å². The molecule has 0 radical (unpaired) electrons. The second kappa shape index (κ2) is 11.1. The Bertz CT molecular complexity index is 2450. The van der Waals surface area contributed by atoms with Crippen LogP contribution in [-0.4, -0.2) is 36.3 Å². The number of nitrogens with one attached hydrogen (secondary N) is 3. The van der Waals surface area contributed by atoms with Crippen LogP contribution in [0.3, 0.4) is 0 Å². The standard InChI is InChI=1S/C20H14N4O.C19H14N4/c25-11-22-19-13-5-2-1-4-12(13)18-14(19)6-3-7-15(18)20-23-16-8-9-21-10-17(16)24-20;20-18-12-5-2-1-4-11(12)17-13(18)6-3-7-14(17)19-22-15-8-9-21-10-16(15)23-19/h1-11,19H,(H,22,25)(H,23,24);1-10,18H,20H2,(H,22,23). The number of nitrogens with zero attached hydrogens (tertiary/aromatic N) is 4. The van der Waals surface area contributed by atoms with Gasteiger partial charge in [0, 0.05) is 23.5 Å². The smallest absolute Gasteiger partial charge is 0.207 e. The summed E-state index contributed by atoms with van der Waals surface area (Å²) in [5, 5.41) is 2.94. The number of hydrogen-bond acceptors (Lipinski definition) is 6. The number of amides is 1. The van der Waals surface area contributed by atoms with Gasteiger partial charge in [0.15, 0.2) is 0 Å². The van der Waals surface area contributed by atoms with E-state index in [4.69, 9.17) is 15.7 Å². The number of imidazole rings is 2. The molecule has 230 valence electrons. The van der Waals surface area contributed by atoms with Gasteiger partial charge in [0.05, 0.1) is 46.5 Å². The van der Waals surface area contributed by atoms with E-state index >= 15 is 0 Å². The maximum atomic E-state index is 11.1. The van der Waals surface area contributed by atoms with Gasteiger partial charge in [-0.1, -0.05) is 84.9 Å². The van der Waals surface area contributed by atoms with E-state index in [1.165, 1.54) is 16.7 Å². The van der Waals surface area contributed by atoms with Gasteiger partial charge in [-0.3, -0.25) is 14.8 Å². The van der Waals surface area contributed by atoms with Crippen molar-refractivity contribution in [3.05, 3.63) is 144 Å². The number of nitrogens with two attached hydrogens (primary N) is 1. The lowest BCUT2D eigenvalue weighted by molar-refractivity contribution is -0.109. The second-order valence-electron chi connectivity index (χ2n) is 11.9. The number of rotatable bonds is 4. The fraction of sp³-hybridized carbons (Fsp3) is 0.0513. The van der Waals surface area contributed by atoms with Crippen LogP contribution in [0.5, 0.6) is 0 Å². The highest BCUT2D eigenvalue weighted by molar-refractivity contribution is 5.93. The summed E-state index contributed by atoms with van der Waals surface area (Å²) in [6, 6.07) is 32.5. The number of aromatic amines is 2. The first-order valence-electron chi connectivity index (χ1n) is 15.7. The molecule has 4 aromatic carbocycles. The van der Waals surface area contributed by atoms with Crippen LogP contribution in [0, 0.1) is 0 Å². The molecule has 0 saturated carbocycles. The lowest BCUT2D eigenvalue weighted by Gasteiger charge is -2.12. The third kappa shape index (κ3) is 4.33. The fourth-order valence-electron chi connectivity index (χ4n) is 7.16. The van der Waals surface area contributed by atoms with E-state index in [0.717, 1.165) is 79.1 Å². The van der Waals surface area contributed by atoms with Crippen molar-refractivity contribution in [1.29, 1.82) is 0 Å². The number of pyridine rings is 2. The van der Waals surface area contributed by atoms with Crippen molar-refractivity contribution < 1.29 is 4.79 Å². The summed E-state index contributed by atoms with van der Waals surface area (Å²) in [5.41, 5.74) is 21.3. The van der Waals surface area contributed by atoms with E-state index in [9.17, 15) is 4.79 Å². The second-order valence-corrected chi connectivity index (χ2v) is 11.9. The van der Waals surface area contributed by atoms with Gasteiger partial charge in [0.25, 0.3) is 0 Å². The zero-order valence-electron chi connectivity index (χ0n) is 25.6. The van der Waals surface area contributed by atoms with Gasteiger partial charge in [-0.05, 0) is 56.6 Å². The third-order valence-corrected chi connectivity index (χ3v) is 9.26. The van der Waals surface area contributed by atoms with Gasteiger partial charge in [0.1, 0.15) is 11.6 Å². The molecule has 10 rings (SSSR count). The highest BCUT2D eigenvalue weighted by atomic mass is 16.1. The largest absolute Gasteiger partial charge is 0.348 e. The van der Waals surface area contributed by atoms with Crippen LogP contribution < -0.4 is 11.1 Å². The van der Waals surface area contributed by atoms with Crippen LogP contribution >= 0.6 is 0 Å². The lowest BCUT2D eigenvalue weighted by Crippen LogP contribution is -2.18. The van der Waals surface area contributed by atoms with E-state index in [1.54, 1.807) is 24.8 Å². The molecule has 2 atom stereocenters. The summed E-state index contributed by atoms with van der Waals surface area (Å²) in [5.74, 6) is 1.66. The van der Waals surface area contributed by atoms with Crippen molar-refractivity contribution in [2.75, 3.05) is 0 Å². The molecular weight excluding hydrogens is 596 g/mol. The quantitative estimate of drug-likeness (QED) is 0.154. The number of hydrogen-bond donors (Lipinski definition) is 4. The molecule has 2 aliphatic carbocycles. The Morgan fingerprint density at radius 1 is 0.583 bits per heavy atom.